The summed E-state index contributed by atoms with van der Waals surface area (Å²) in [6.45, 7) is 0. The van der Waals surface area contributed by atoms with E-state index in [0.717, 1.165) is 18.9 Å². The highest BCUT2D eigenvalue weighted by Crippen LogP contribution is 2.48. The second-order valence-corrected chi connectivity index (χ2v) is 7.39. The first-order chi connectivity index (χ1) is 11.4. The third kappa shape index (κ3) is 3.95. The third-order valence-electron chi connectivity index (χ3n) is 5.59. The predicted octanol–water partition coefficient (Wildman–Crippen LogP) is 3.63. The van der Waals surface area contributed by atoms with Gasteiger partial charge >= 0.3 is 6.18 Å². The third-order valence-corrected chi connectivity index (χ3v) is 5.59. The van der Waals surface area contributed by atoms with E-state index >= 15 is 0 Å². The number of amides is 1. The average Bonchev–Trinajstić information content (AvgIpc) is 3.26. The first-order valence-electron chi connectivity index (χ1n) is 8.64. The van der Waals surface area contributed by atoms with Gasteiger partial charge in [-0.1, -0.05) is 18.2 Å². The first-order valence-corrected chi connectivity index (χ1v) is 8.64. The molecule has 2 saturated heterocycles. The van der Waals surface area contributed by atoms with Crippen molar-refractivity contribution in [3.63, 3.8) is 0 Å². The number of benzene rings is 1. The van der Waals surface area contributed by atoms with Gasteiger partial charge in [-0.3, -0.25) is 4.79 Å². The van der Waals surface area contributed by atoms with Crippen molar-refractivity contribution >= 4 is 18.3 Å². The van der Waals surface area contributed by atoms with Crippen LogP contribution < -0.4 is 10.6 Å². The molecule has 4 unspecified atom stereocenters. The number of carbonyl (C=O) groups excluding carboxylic acids is 1. The van der Waals surface area contributed by atoms with Crippen LogP contribution in [-0.2, 0) is 11.0 Å². The molecule has 1 aromatic carbocycles. The van der Waals surface area contributed by atoms with Crippen molar-refractivity contribution in [3.05, 3.63) is 35.4 Å². The molecule has 138 valence electrons. The van der Waals surface area contributed by atoms with Gasteiger partial charge in [0.15, 0.2) is 0 Å². The standard InChI is InChI=1S/C18H21F3N2O.ClH/c19-18(20,21)11-3-1-2-10(6-11)15-9-16(15)17(24)23-14-7-12-4-5-13(8-14)22-12;/h1-3,6,12-16,22H,4-5,7-9H2,(H,23,24);1H. The van der Waals surface area contributed by atoms with E-state index < -0.39 is 11.7 Å². The van der Waals surface area contributed by atoms with Crippen LogP contribution in [0.15, 0.2) is 24.3 Å². The topological polar surface area (TPSA) is 41.1 Å². The number of halogens is 4. The molecule has 0 aromatic heterocycles. The summed E-state index contributed by atoms with van der Waals surface area (Å²) in [6, 6.07) is 6.60. The summed E-state index contributed by atoms with van der Waals surface area (Å²) in [4.78, 5) is 12.4. The zero-order chi connectivity index (χ0) is 16.9. The number of fused-ring (bicyclic) bond motifs is 2. The van der Waals surface area contributed by atoms with Crippen LogP contribution in [0, 0.1) is 5.92 Å². The highest BCUT2D eigenvalue weighted by molar-refractivity contribution is 5.85. The number of alkyl halides is 3. The van der Waals surface area contributed by atoms with Gasteiger partial charge < -0.3 is 10.6 Å². The molecular formula is C18H22ClF3N2O. The molecule has 3 aliphatic rings. The normalized spacial score (nSPS) is 33.5. The monoisotopic (exact) mass is 374 g/mol. The summed E-state index contributed by atoms with van der Waals surface area (Å²) in [7, 11) is 0. The van der Waals surface area contributed by atoms with Crippen LogP contribution in [-0.4, -0.2) is 24.0 Å². The summed E-state index contributed by atoms with van der Waals surface area (Å²) in [5, 5.41) is 6.66. The Morgan fingerprint density at radius 1 is 1.12 bits per heavy atom. The number of nitrogens with one attached hydrogen (secondary N) is 2. The van der Waals surface area contributed by atoms with E-state index in [1.165, 1.54) is 25.0 Å². The summed E-state index contributed by atoms with van der Waals surface area (Å²) in [5.74, 6) is -0.254. The van der Waals surface area contributed by atoms with Crippen LogP contribution in [0.3, 0.4) is 0 Å². The minimum atomic E-state index is -4.34. The molecule has 0 spiro atoms. The van der Waals surface area contributed by atoms with Crippen molar-refractivity contribution < 1.29 is 18.0 Å². The fourth-order valence-electron chi connectivity index (χ4n) is 4.28. The van der Waals surface area contributed by atoms with Crippen molar-refractivity contribution in [2.75, 3.05) is 0 Å². The van der Waals surface area contributed by atoms with Gasteiger partial charge in [0.1, 0.15) is 0 Å². The van der Waals surface area contributed by atoms with E-state index in [1.807, 2.05) is 0 Å². The fourth-order valence-corrected chi connectivity index (χ4v) is 4.28. The number of hydrogen-bond acceptors (Lipinski definition) is 2. The average molecular weight is 375 g/mol. The molecule has 0 radical (unpaired) electrons. The van der Waals surface area contributed by atoms with Gasteiger partial charge in [-0.2, -0.15) is 13.2 Å². The van der Waals surface area contributed by atoms with Crippen molar-refractivity contribution in [2.45, 2.75) is 62.3 Å². The molecule has 4 rings (SSSR count). The predicted molar refractivity (Wildman–Crippen MR) is 90.7 cm³/mol. The van der Waals surface area contributed by atoms with Gasteiger partial charge in [-0.05, 0) is 49.7 Å². The molecule has 2 bridgehead atoms. The Morgan fingerprint density at radius 2 is 1.80 bits per heavy atom. The molecule has 2 N–H and O–H groups in total. The van der Waals surface area contributed by atoms with E-state index in [2.05, 4.69) is 10.6 Å². The maximum absolute atomic E-state index is 12.8. The minimum absolute atomic E-state index is 0. The summed E-state index contributed by atoms with van der Waals surface area (Å²) in [6.07, 6.45) is 0.578. The zero-order valence-corrected chi connectivity index (χ0v) is 14.5. The van der Waals surface area contributed by atoms with Crippen molar-refractivity contribution in [1.82, 2.24) is 10.6 Å². The van der Waals surface area contributed by atoms with Gasteiger partial charge in [0, 0.05) is 24.0 Å². The Bertz CT molecular complexity index is 639. The smallest absolute Gasteiger partial charge is 0.353 e. The Kier molecular flexibility index (Phi) is 5.04. The SMILES string of the molecule is Cl.O=C(NC1CC2CCC(C1)N2)C1CC1c1cccc(C(F)(F)F)c1. The second kappa shape index (κ2) is 6.80. The molecule has 3 nitrogen and oxygen atoms in total. The van der Waals surface area contributed by atoms with Crippen molar-refractivity contribution in [1.29, 1.82) is 0 Å². The molecule has 7 heteroatoms. The van der Waals surface area contributed by atoms with Crippen LogP contribution >= 0.6 is 12.4 Å². The molecule has 1 aliphatic carbocycles. The molecule has 4 atom stereocenters. The van der Waals surface area contributed by atoms with E-state index in [1.54, 1.807) is 6.07 Å². The van der Waals surface area contributed by atoms with Crippen LogP contribution in [0.2, 0.25) is 0 Å². The Hall–Kier alpha value is -1.27. The van der Waals surface area contributed by atoms with E-state index in [4.69, 9.17) is 0 Å². The molecule has 1 amide bonds. The van der Waals surface area contributed by atoms with Gasteiger partial charge in [0.05, 0.1) is 5.56 Å². The van der Waals surface area contributed by atoms with Gasteiger partial charge in [-0.15, -0.1) is 12.4 Å². The Morgan fingerprint density at radius 3 is 2.44 bits per heavy atom. The highest BCUT2D eigenvalue weighted by Gasteiger charge is 2.46. The molecule has 25 heavy (non-hydrogen) atoms. The lowest BCUT2D eigenvalue weighted by Gasteiger charge is -2.29. The molecular weight excluding hydrogens is 353 g/mol. The lowest BCUT2D eigenvalue weighted by molar-refractivity contribution is -0.137. The van der Waals surface area contributed by atoms with Crippen LogP contribution in [0.5, 0.6) is 0 Å². The second-order valence-electron chi connectivity index (χ2n) is 7.39. The number of carbonyl (C=O) groups is 1. The maximum Gasteiger partial charge on any atom is 0.416 e. The van der Waals surface area contributed by atoms with Crippen molar-refractivity contribution in [2.24, 2.45) is 5.92 Å². The summed E-state index contributed by atoms with van der Waals surface area (Å²) < 4.78 is 38.4. The lowest BCUT2D eigenvalue weighted by Crippen LogP contribution is -2.48. The maximum atomic E-state index is 12.8. The molecule has 3 fully saturated rings. The first kappa shape index (κ1) is 18.5. The molecule has 2 heterocycles. The number of rotatable bonds is 3. The molecule has 1 saturated carbocycles. The van der Waals surface area contributed by atoms with Crippen molar-refractivity contribution in [3.8, 4) is 0 Å². The lowest BCUT2D eigenvalue weighted by atomic mass is 9.99. The number of piperidine rings is 1. The summed E-state index contributed by atoms with van der Waals surface area (Å²) >= 11 is 0. The van der Waals surface area contributed by atoms with Gasteiger partial charge in [0.25, 0.3) is 0 Å². The van der Waals surface area contributed by atoms with E-state index in [-0.39, 0.29) is 36.2 Å². The Labute approximate surface area is 151 Å². The fraction of sp³-hybridized carbons (Fsp3) is 0.611. The highest BCUT2D eigenvalue weighted by atomic mass is 35.5. The van der Waals surface area contributed by atoms with E-state index in [9.17, 15) is 18.0 Å². The van der Waals surface area contributed by atoms with Crippen LogP contribution in [0.4, 0.5) is 13.2 Å². The minimum Gasteiger partial charge on any atom is -0.353 e. The Balaban J connectivity index is 0.00000182. The molecule has 2 aliphatic heterocycles. The zero-order valence-electron chi connectivity index (χ0n) is 13.7. The number of hydrogen-bond donors (Lipinski definition) is 2. The van der Waals surface area contributed by atoms with Gasteiger partial charge in [0.2, 0.25) is 5.91 Å². The van der Waals surface area contributed by atoms with Crippen LogP contribution in [0.25, 0.3) is 0 Å². The van der Waals surface area contributed by atoms with Crippen LogP contribution in [0.1, 0.15) is 49.1 Å². The van der Waals surface area contributed by atoms with E-state index in [0.29, 0.717) is 24.1 Å². The largest absolute Gasteiger partial charge is 0.416 e. The quantitative estimate of drug-likeness (QED) is 0.848. The summed E-state index contributed by atoms with van der Waals surface area (Å²) in [5.41, 5.74) is -0.0173. The molecule has 1 aromatic rings. The van der Waals surface area contributed by atoms with Gasteiger partial charge in [-0.25, -0.2) is 0 Å².